The SMILES string of the molecule is CC(N)(CCCCOc1cc([N+](=O)[O-])ccc1Cl)C(N)=O. The van der Waals surface area contributed by atoms with Gasteiger partial charge < -0.3 is 16.2 Å². The number of benzene rings is 1. The number of nitrogens with zero attached hydrogens (tertiary/aromatic N) is 1. The number of nitro groups is 1. The van der Waals surface area contributed by atoms with Crippen LogP contribution in [-0.2, 0) is 4.79 Å². The molecule has 7 nitrogen and oxygen atoms in total. The molecule has 0 fully saturated rings. The summed E-state index contributed by atoms with van der Waals surface area (Å²) in [6, 6.07) is 4.00. The summed E-state index contributed by atoms with van der Waals surface area (Å²) in [6.07, 6.45) is 1.70. The number of nitrogens with two attached hydrogens (primary N) is 2. The Balaban J connectivity index is 2.45. The van der Waals surface area contributed by atoms with Gasteiger partial charge in [-0.15, -0.1) is 0 Å². The Labute approximate surface area is 127 Å². The molecule has 4 N–H and O–H groups in total. The van der Waals surface area contributed by atoms with Gasteiger partial charge in [0.1, 0.15) is 5.75 Å². The van der Waals surface area contributed by atoms with E-state index in [9.17, 15) is 14.9 Å². The number of ether oxygens (including phenoxy) is 1. The second kappa shape index (κ2) is 7.24. The smallest absolute Gasteiger partial charge is 0.273 e. The molecule has 0 saturated carbocycles. The normalized spacial score (nSPS) is 13.5. The Bertz CT molecular complexity index is 534. The van der Waals surface area contributed by atoms with Crippen LogP contribution in [0.5, 0.6) is 5.75 Å². The van der Waals surface area contributed by atoms with Crippen molar-refractivity contribution in [1.29, 1.82) is 0 Å². The molecular weight excluding hydrogens is 298 g/mol. The zero-order valence-electron chi connectivity index (χ0n) is 11.7. The molecule has 0 aliphatic rings. The van der Waals surface area contributed by atoms with Crippen molar-refractivity contribution in [2.45, 2.75) is 31.7 Å². The first-order chi connectivity index (χ1) is 9.74. The molecule has 0 aliphatic heterocycles. The van der Waals surface area contributed by atoms with Crippen LogP contribution in [-0.4, -0.2) is 23.0 Å². The zero-order chi connectivity index (χ0) is 16.0. The van der Waals surface area contributed by atoms with Gasteiger partial charge in [0, 0.05) is 6.07 Å². The van der Waals surface area contributed by atoms with E-state index in [2.05, 4.69) is 0 Å². The predicted octanol–water partition coefficient (Wildman–Crippen LogP) is 2.00. The van der Waals surface area contributed by atoms with Gasteiger partial charge in [-0.25, -0.2) is 0 Å². The van der Waals surface area contributed by atoms with E-state index in [1.165, 1.54) is 18.2 Å². The molecule has 0 aliphatic carbocycles. The van der Waals surface area contributed by atoms with Crippen molar-refractivity contribution in [1.82, 2.24) is 0 Å². The van der Waals surface area contributed by atoms with E-state index in [-0.39, 0.29) is 11.4 Å². The minimum Gasteiger partial charge on any atom is -0.492 e. The minimum absolute atomic E-state index is 0.0855. The standard InChI is InChI=1S/C13H18ClN3O4/c1-13(16,12(15)18)6-2-3-7-21-11-8-9(17(19)20)4-5-10(11)14/h4-5,8H,2-3,6-7,16H2,1H3,(H2,15,18). The first kappa shape index (κ1) is 17.2. The molecule has 1 aromatic carbocycles. The third-order valence-corrected chi connectivity index (χ3v) is 3.35. The average Bonchev–Trinajstić information content (AvgIpc) is 2.39. The number of hydrogen-bond donors (Lipinski definition) is 2. The Kier molecular flexibility index (Phi) is 5.92. The number of amides is 1. The van der Waals surface area contributed by atoms with Crippen LogP contribution < -0.4 is 16.2 Å². The lowest BCUT2D eigenvalue weighted by atomic mass is 9.96. The molecule has 116 valence electrons. The summed E-state index contributed by atoms with van der Waals surface area (Å²) in [7, 11) is 0. The highest BCUT2D eigenvalue weighted by Crippen LogP contribution is 2.29. The van der Waals surface area contributed by atoms with Gasteiger partial charge in [0.15, 0.2) is 0 Å². The molecule has 1 aromatic rings. The van der Waals surface area contributed by atoms with Crippen molar-refractivity contribution in [3.8, 4) is 5.75 Å². The zero-order valence-corrected chi connectivity index (χ0v) is 12.4. The molecule has 0 radical (unpaired) electrons. The van der Waals surface area contributed by atoms with Crippen LogP contribution in [0.15, 0.2) is 18.2 Å². The van der Waals surface area contributed by atoms with Crippen molar-refractivity contribution >= 4 is 23.2 Å². The fourth-order valence-electron chi connectivity index (χ4n) is 1.62. The van der Waals surface area contributed by atoms with E-state index in [1.54, 1.807) is 6.92 Å². The van der Waals surface area contributed by atoms with E-state index in [0.717, 1.165) is 0 Å². The van der Waals surface area contributed by atoms with Gasteiger partial charge in [0.2, 0.25) is 5.91 Å². The number of hydrogen-bond acceptors (Lipinski definition) is 5. The molecular formula is C13H18ClN3O4. The minimum atomic E-state index is -1.04. The fraction of sp³-hybridized carbons (Fsp3) is 0.462. The second-order valence-corrected chi connectivity index (χ2v) is 5.37. The van der Waals surface area contributed by atoms with Gasteiger partial charge >= 0.3 is 0 Å². The van der Waals surface area contributed by atoms with Gasteiger partial charge in [-0.05, 0) is 32.3 Å². The first-order valence-electron chi connectivity index (χ1n) is 6.39. The largest absolute Gasteiger partial charge is 0.492 e. The quantitative estimate of drug-likeness (QED) is 0.431. The molecule has 8 heteroatoms. The molecule has 21 heavy (non-hydrogen) atoms. The molecule has 0 bridgehead atoms. The predicted molar refractivity (Wildman–Crippen MR) is 79.2 cm³/mol. The van der Waals surface area contributed by atoms with Crippen LogP contribution in [0.1, 0.15) is 26.2 Å². The van der Waals surface area contributed by atoms with Gasteiger partial charge in [0.05, 0.1) is 28.2 Å². The summed E-state index contributed by atoms with van der Waals surface area (Å²) in [5.74, 6) is -0.290. The molecule has 1 rings (SSSR count). The highest BCUT2D eigenvalue weighted by atomic mass is 35.5. The highest BCUT2D eigenvalue weighted by Gasteiger charge is 2.24. The fourth-order valence-corrected chi connectivity index (χ4v) is 1.79. The first-order valence-corrected chi connectivity index (χ1v) is 6.77. The highest BCUT2D eigenvalue weighted by molar-refractivity contribution is 6.32. The van der Waals surface area contributed by atoms with Crippen LogP contribution in [0.2, 0.25) is 5.02 Å². The van der Waals surface area contributed by atoms with Gasteiger partial charge in [-0.2, -0.15) is 0 Å². The number of unbranched alkanes of at least 4 members (excludes halogenated alkanes) is 1. The Morgan fingerprint density at radius 3 is 2.71 bits per heavy atom. The number of non-ortho nitro benzene ring substituents is 1. The topological polar surface area (TPSA) is 121 Å². The van der Waals surface area contributed by atoms with E-state index in [1.807, 2.05) is 0 Å². The maximum absolute atomic E-state index is 11.0. The van der Waals surface area contributed by atoms with Crippen LogP contribution in [0.4, 0.5) is 5.69 Å². The lowest BCUT2D eigenvalue weighted by Crippen LogP contribution is -2.49. The second-order valence-electron chi connectivity index (χ2n) is 4.96. The number of rotatable bonds is 8. The van der Waals surface area contributed by atoms with Crippen molar-refractivity contribution in [2.24, 2.45) is 11.5 Å². The van der Waals surface area contributed by atoms with Crippen LogP contribution in [0, 0.1) is 10.1 Å². The van der Waals surface area contributed by atoms with Crippen LogP contribution in [0.25, 0.3) is 0 Å². The van der Waals surface area contributed by atoms with Gasteiger partial charge in [-0.1, -0.05) is 11.6 Å². The molecule has 0 saturated heterocycles. The summed E-state index contributed by atoms with van der Waals surface area (Å²) in [6.45, 7) is 1.89. The lowest BCUT2D eigenvalue weighted by Gasteiger charge is -2.19. The summed E-state index contributed by atoms with van der Waals surface area (Å²) < 4.78 is 5.41. The summed E-state index contributed by atoms with van der Waals surface area (Å²) >= 11 is 5.90. The van der Waals surface area contributed by atoms with Crippen LogP contribution >= 0.6 is 11.6 Å². The van der Waals surface area contributed by atoms with Crippen LogP contribution in [0.3, 0.4) is 0 Å². The number of primary amides is 1. The Morgan fingerprint density at radius 2 is 2.14 bits per heavy atom. The molecule has 1 atom stereocenters. The Morgan fingerprint density at radius 1 is 1.48 bits per heavy atom. The third-order valence-electron chi connectivity index (χ3n) is 3.04. The number of carbonyl (C=O) groups is 1. The van der Waals surface area contributed by atoms with Gasteiger partial charge in [-0.3, -0.25) is 14.9 Å². The lowest BCUT2D eigenvalue weighted by molar-refractivity contribution is -0.384. The van der Waals surface area contributed by atoms with Gasteiger partial charge in [0.25, 0.3) is 5.69 Å². The monoisotopic (exact) mass is 315 g/mol. The third kappa shape index (κ3) is 5.20. The molecule has 0 aromatic heterocycles. The Hall–Kier alpha value is -1.86. The summed E-state index contributed by atoms with van der Waals surface area (Å²) in [4.78, 5) is 21.2. The van der Waals surface area contributed by atoms with E-state index in [0.29, 0.717) is 30.9 Å². The number of carbonyl (C=O) groups excluding carboxylic acids is 1. The van der Waals surface area contributed by atoms with Crippen molar-refractivity contribution in [2.75, 3.05) is 6.61 Å². The van der Waals surface area contributed by atoms with E-state index < -0.39 is 16.4 Å². The van der Waals surface area contributed by atoms with E-state index in [4.69, 9.17) is 27.8 Å². The van der Waals surface area contributed by atoms with E-state index >= 15 is 0 Å². The van der Waals surface area contributed by atoms with Crippen molar-refractivity contribution in [3.63, 3.8) is 0 Å². The maximum atomic E-state index is 11.0. The molecule has 0 heterocycles. The molecule has 1 unspecified atom stereocenters. The van der Waals surface area contributed by atoms with Crippen molar-refractivity contribution in [3.05, 3.63) is 33.3 Å². The number of nitro benzene ring substituents is 1. The summed E-state index contributed by atoms with van der Waals surface area (Å²) in [5, 5.41) is 11.0. The average molecular weight is 316 g/mol. The molecule has 0 spiro atoms. The summed E-state index contributed by atoms with van der Waals surface area (Å²) in [5.41, 5.74) is 9.76. The number of halogens is 1. The molecule has 1 amide bonds. The van der Waals surface area contributed by atoms with Crippen molar-refractivity contribution < 1.29 is 14.5 Å². The maximum Gasteiger partial charge on any atom is 0.273 e.